The quantitative estimate of drug-likeness (QED) is 0.0968. The van der Waals surface area contributed by atoms with Gasteiger partial charge in [-0.25, -0.2) is 0 Å². The first kappa shape index (κ1) is 34.5. The molecule has 0 radical (unpaired) electrons. The molecule has 6 nitrogen and oxygen atoms in total. The molecular formula is C37H44O6SSi. The van der Waals surface area contributed by atoms with Crippen LogP contribution >= 0.6 is 0 Å². The lowest BCUT2D eigenvalue weighted by atomic mass is 9.99. The summed E-state index contributed by atoms with van der Waals surface area (Å²) in [7, 11) is -7.27. The van der Waals surface area contributed by atoms with Gasteiger partial charge in [-0.15, -0.1) is 6.58 Å². The summed E-state index contributed by atoms with van der Waals surface area (Å²) in [6.07, 6.45) is -0.968. The van der Waals surface area contributed by atoms with Gasteiger partial charge in [0.05, 0.1) is 24.7 Å². The number of hydrogen-bond donors (Lipinski definition) is 1. The van der Waals surface area contributed by atoms with Crippen LogP contribution in [0.5, 0.6) is 0 Å². The van der Waals surface area contributed by atoms with Gasteiger partial charge >= 0.3 is 0 Å². The number of hydrogen-bond acceptors (Lipinski definition) is 6. The maximum absolute atomic E-state index is 13.5. The minimum Gasteiger partial charge on any atom is -0.405 e. The number of aliphatic hydroxyl groups excluding tert-OH is 1. The Morgan fingerprint density at radius 3 is 1.80 bits per heavy atom. The van der Waals surface area contributed by atoms with Gasteiger partial charge in [0, 0.05) is 5.92 Å². The third-order valence-electron chi connectivity index (χ3n) is 7.96. The van der Waals surface area contributed by atoms with E-state index in [0.29, 0.717) is 6.61 Å². The van der Waals surface area contributed by atoms with E-state index < -0.39 is 36.6 Å². The van der Waals surface area contributed by atoms with Gasteiger partial charge in [-0.3, -0.25) is 4.18 Å². The lowest BCUT2D eigenvalue weighted by molar-refractivity contribution is -0.0342. The van der Waals surface area contributed by atoms with Crippen molar-refractivity contribution in [2.24, 2.45) is 5.92 Å². The first-order valence-corrected chi connectivity index (χ1v) is 18.5. The molecule has 0 saturated heterocycles. The molecule has 4 aromatic carbocycles. The van der Waals surface area contributed by atoms with Gasteiger partial charge in [0.1, 0.15) is 12.2 Å². The molecule has 0 bridgehead atoms. The normalized spacial score (nSPS) is 14.4. The highest BCUT2D eigenvalue weighted by molar-refractivity contribution is 7.86. The number of ether oxygens (including phenoxy) is 1. The SMILES string of the molecule is C=C[C@H](COCc1ccccc1)[C@@H](OS(=O)(=O)c1ccc(C)cc1)[C@H](O)CO[Si](c1ccccc1)(c1ccccc1)C(C)(C)C. The molecule has 1 N–H and O–H groups in total. The third kappa shape index (κ3) is 8.46. The molecule has 0 amide bonds. The maximum atomic E-state index is 13.5. The molecule has 0 fully saturated rings. The number of rotatable bonds is 15. The molecule has 4 rings (SSSR count). The van der Waals surface area contributed by atoms with Gasteiger partial charge < -0.3 is 14.3 Å². The number of aryl methyl sites for hydroxylation is 1. The Balaban J connectivity index is 1.67. The minimum absolute atomic E-state index is 0.00576. The molecule has 3 atom stereocenters. The van der Waals surface area contributed by atoms with Crippen LogP contribution in [-0.4, -0.2) is 47.3 Å². The van der Waals surface area contributed by atoms with Gasteiger partial charge in [-0.2, -0.15) is 8.42 Å². The zero-order chi connectivity index (χ0) is 32.5. The van der Waals surface area contributed by atoms with E-state index in [1.165, 1.54) is 12.1 Å². The molecule has 0 aliphatic rings. The summed E-state index contributed by atoms with van der Waals surface area (Å²) >= 11 is 0. The molecule has 0 unspecified atom stereocenters. The fourth-order valence-electron chi connectivity index (χ4n) is 5.58. The highest BCUT2D eigenvalue weighted by atomic mass is 32.2. The van der Waals surface area contributed by atoms with Crippen molar-refractivity contribution in [3.63, 3.8) is 0 Å². The fraction of sp³-hybridized carbons (Fsp3) is 0.297. The van der Waals surface area contributed by atoms with Gasteiger partial charge in [0.2, 0.25) is 0 Å². The highest BCUT2D eigenvalue weighted by Gasteiger charge is 2.51. The average molecular weight is 645 g/mol. The molecule has 8 heteroatoms. The van der Waals surface area contributed by atoms with E-state index >= 15 is 0 Å². The van der Waals surface area contributed by atoms with E-state index in [1.54, 1.807) is 18.2 Å². The molecule has 238 valence electrons. The molecule has 0 heterocycles. The van der Waals surface area contributed by atoms with Gasteiger partial charge in [0.25, 0.3) is 18.4 Å². The van der Waals surface area contributed by atoms with Crippen molar-refractivity contribution < 1.29 is 26.9 Å². The van der Waals surface area contributed by atoms with E-state index in [-0.39, 0.29) is 23.1 Å². The Morgan fingerprint density at radius 2 is 1.31 bits per heavy atom. The van der Waals surface area contributed by atoms with Crippen LogP contribution < -0.4 is 10.4 Å². The van der Waals surface area contributed by atoms with Crippen LogP contribution in [0, 0.1) is 12.8 Å². The average Bonchev–Trinajstić information content (AvgIpc) is 3.03. The second-order valence-corrected chi connectivity index (χ2v) is 18.1. The van der Waals surface area contributed by atoms with Crippen LogP contribution in [-0.2, 0) is 30.1 Å². The van der Waals surface area contributed by atoms with Crippen LogP contribution in [0.2, 0.25) is 5.04 Å². The fourth-order valence-corrected chi connectivity index (χ4v) is 11.3. The van der Waals surface area contributed by atoms with Crippen LogP contribution in [0.4, 0.5) is 0 Å². The summed E-state index contributed by atoms with van der Waals surface area (Å²) in [5.41, 5.74) is 1.89. The van der Waals surface area contributed by atoms with Gasteiger partial charge in [-0.1, -0.05) is 136 Å². The van der Waals surface area contributed by atoms with Crippen LogP contribution in [0.25, 0.3) is 0 Å². The van der Waals surface area contributed by atoms with E-state index in [1.807, 2.05) is 73.7 Å². The van der Waals surface area contributed by atoms with Crippen LogP contribution in [0.1, 0.15) is 31.9 Å². The van der Waals surface area contributed by atoms with E-state index in [0.717, 1.165) is 21.5 Å². The van der Waals surface area contributed by atoms with Crippen molar-refractivity contribution in [2.75, 3.05) is 13.2 Å². The summed E-state index contributed by atoms with van der Waals surface area (Å²) in [6, 6.07) is 36.3. The van der Waals surface area contributed by atoms with Gasteiger partial charge in [-0.05, 0) is 40.0 Å². The smallest absolute Gasteiger partial charge is 0.297 e. The van der Waals surface area contributed by atoms with Crippen LogP contribution in [0.15, 0.2) is 133 Å². The van der Waals surface area contributed by atoms with E-state index in [4.69, 9.17) is 13.3 Å². The van der Waals surface area contributed by atoms with Crippen molar-refractivity contribution in [3.8, 4) is 0 Å². The summed E-state index contributed by atoms with van der Waals surface area (Å²) in [5.74, 6) is -0.660. The first-order valence-electron chi connectivity index (χ1n) is 15.1. The summed E-state index contributed by atoms with van der Waals surface area (Å²) in [4.78, 5) is 0.00576. The molecular weight excluding hydrogens is 601 g/mol. The van der Waals surface area contributed by atoms with Crippen LogP contribution in [0.3, 0.4) is 0 Å². The topological polar surface area (TPSA) is 82.1 Å². The third-order valence-corrected chi connectivity index (χ3v) is 14.3. The molecule has 0 aliphatic carbocycles. The predicted molar refractivity (Wildman–Crippen MR) is 183 cm³/mol. The number of benzene rings is 4. The molecule has 45 heavy (non-hydrogen) atoms. The molecule has 0 spiro atoms. The Bertz CT molecular complexity index is 1550. The Morgan fingerprint density at radius 1 is 0.800 bits per heavy atom. The lowest BCUT2D eigenvalue weighted by Gasteiger charge is -2.44. The Labute approximate surface area is 269 Å². The zero-order valence-electron chi connectivity index (χ0n) is 26.5. The number of aliphatic hydroxyl groups is 1. The summed E-state index contributed by atoms with van der Waals surface area (Å²) < 4.78 is 45.9. The monoisotopic (exact) mass is 644 g/mol. The molecule has 0 aromatic heterocycles. The first-order chi connectivity index (χ1) is 21.5. The molecule has 4 aromatic rings. The largest absolute Gasteiger partial charge is 0.405 e. The maximum Gasteiger partial charge on any atom is 0.297 e. The Hall–Kier alpha value is -3.37. The molecule has 0 aliphatic heterocycles. The Kier molecular flexibility index (Phi) is 11.7. The van der Waals surface area contributed by atoms with Crippen molar-refractivity contribution >= 4 is 28.8 Å². The van der Waals surface area contributed by atoms with Crippen molar-refractivity contribution in [1.29, 1.82) is 0 Å². The van der Waals surface area contributed by atoms with Crippen molar-refractivity contribution in [3.05, 3.63) is 139 Å². The highest BCUT2D eigenvalue weighted by Crippen LogP contribution is 2.37. The summed E-state index contributed by atoms with van der Waals surface area (Å²) in [5, 5.41) is 13.6. The van der Waals surface area contributed by atoms with E-state index in [9.17, 15) is 13.5 Å². The van der Waals surface area contributed by atoms with Crippen molar-refractivity contribution in [2.45, 2.75) is 56.4 Å². The zero-order valence-corrected chi connectivity index (χ0v) is 28.3. The second-order valence-electron chi connectivity index (χ2n) is 12.3. The van der Waals surface area contributed by atoms with Gasteiger partial charge in [0.15, 0.2) is 0 Å². The summed E-state index contributed by atoms with van der Waals surface area (Å²) in [6.45, 7) is 12.5. The lowest BCUT2D eigenvalue weighted by Crippen LogP contribution is -2.67. The predicted octanol–water partition coefficient (Wildman–Crippen LogP) is 6.03. The molecule has 0 saturated carbocycles. The standard InChI is InChI=1S/C37H44O6SSi/c1-6-31(27-41-26-30-16-10-7-11-17-30)36(43-44(39,40)32-24-22-29(2)23-25-32)35(38)28-42-45(37(3,4)5,33-18-12-8-13-19-33)34-20-14-9-15-21-34/h6-25,31,35-36,38H,1,26-28H2,2-5H3/t31-,35-,36-/m1/s1. The van der Waals surface area contributed by atoms with Crippen molar-refractivity contribution in [1.82, 2.24) is 0 Å². The van der Waals surface area contributed by atoms with E-state index in [2.05, 4.69) is 51.6 Å². The second kappa shape index (κ2) is 15.3. The minimum atomic E-state index is -4.25.